The third-order valence-electron chi connectivity index (χ3n) is 2.28. The highest BCUT2D eigenvalue weighted by molar-refractivity contribution is 7.98. The fourth-order valence-corrected chi connectivity index (χ4v) is 2.47. The smallest absolute Gasteiger partial charge is 0.0602 e. The Hall–Kier alpha value is -1.16. The third-order valence-corrected chi connectivity index (χ3v) is 3.60. The van der Waals surface area contributed by atoms with E-state index in [0.29, 0.717) is 5.69 Å². The van der Waals surface area contributed by atoms with Crippen LogP contribution in [0.5, 0.6) is 0 Å². The van der Waals surface area contributed by atoms with Gasteiger partial charge in [-0.05, 0) is 42.0 Å². The van der Waals surface area contributed by atoms with Gasteiger partial charge in [-0.15, -0.1) is 11.8 Å². The molecule has 0 aliphatic heterocycles. The first kappa shape index (κ1) is 12.3. The molecule has 2 aromatic carbocycles. The maximum absolute atomic E-state index is 8.70. The Morgan fingerprint density at radius 1 is 1.12 bits per heavy atom. The fourth-order valence-electron chi connectivity index (χ4n) is 1.42. The van der Waals surface area contributed by atoms with Gasteiger partial charge in [-0.1, -0.05) is 23.7 Å². The van der Waals surface area contributed by atoms with E-state index in [9.17, 15) is 0 Å². The van der Waals surface area contributed by atoms with Gasteiger partial charge in [0, 0.05) is 15.7 Å². The average Bonchev–Trinajstić information content (AvgIpc) is 2.37. The standard InChI is InChI=1S/C13H12ClNOS/c14-11-3-1-2-10(8-11)9-17-13-6-4-12(15-16)5-7-13/h1-8,15-16H,9H2. The molecule has 4 heteroatoms. The Bertz CT molecular complexity index is 487. The van der Waals surface area contributed by atoms with Crippen molar-refractivity contribution in [1.29, 1.82) is 0 Å². The molecule has 0 aliphatic rings. The highest BCUT2D eigenvalue weighted by Gasteiger charge is 1.98. The van der Waals surface area contributed by atoms with Crippen molar-refractivity contribution in [3.63, 3.8) is 0 Å². The quantitative estimate of drug-likeness (QED) is 0.633. The minimum Gasteiger partial charge on any atom is -0.291 e. The van der Waals surface area contributed by atoms with Crippen LogP contribution in [0, 0.1) is 0 Å². The van der Waals surface area contributed by atoms with Crippen LogP contribution in [0.3, 0.4) is 0 Å². The molecule has 0 radical (unpaired) electrons. The minimum atomic E-state index is 0.692. The lowest BCUT2D eigenvalue weighted by atomic mass is 10.2. The van der Waals surface area contributed by atoms with Crippen LogP contribution in [0.2, 0.25) is 5.02 Å². The molecular formula is C13H12ClNOS. The molecule has 0 fully saturated rings. The Labute approximate surface area is 110 Å². The van der Waals surface area contributed by atoms with E-state index in [-0.39, 0.29) is 0 Å². The highest BCUT2D eigenvalue weighted by atomic mass is 35.5. The van der Waals surface area contributed by atoms with E-state index in [2.05, 4.69) is 11.5 Å². The van der Waals surface area contributed by atoms with Crippen LogP contribution in [0.4, 0.5) is 5.69 Å². The summed E-state index contributed by atoms with van der Waals surface area (Å²) in [5, 5.41) is 9.46. The van der Waals surface area contributed by atoms with Crippen molar-refractivity contribution >= 4 is 29.1 Å². The summed E-state index contributed by atoms with van der Waals surface area (Å²) in [5.41, 5.74) is 4.00. The molecule has 0 saturated carbocycles. The van der Waals surface area contributed by atoms with Crippen LogP contribution in [0.1, 0.15) is 5.56 Å². The number of halogens is 1. The van der Waals surface area contributed by atoms with Gasteiger partial charge in [-0.25, -0.2) is 0 Å². The van der Waals surface area contributed by atoms with Crippen molar-refractivity contribution in [1.82, 2.24) is 0 Å². The van der Waals surface area contributed by atoms with Crippen LogP contribution in [-0.2, 0) is 5.75 Å². The summed E-state index contributed by atoms with van der Waals surface area (Å²) < 4.78 is 0. The van der Waals surface area contributed by atoms with Crippen molar-refractivity contribution in [3.8, 4) is 0 Å². The zero-order valence-corrected chi connectivity index (χ0v) is 10.6. The summed E-state index contributed by atoms with van der Waals surface area (Å²) in [6, 6.07) is 15.5. The largest absolute Gasteiger partial charge is 0.291 e. The maximum atomic E-state index is 8.70. The Morgan fingerprint density at radius 2 is 1.88 bits per heavy atom. The second-order valence-electron chi connectivity index (χ2n) is 3.55. The zero-order chi connectivity index (χ0) is 12.1. The monoisotopic (exact) mass is 265 g/mol. The van der Waals surface area contributed by atoms with Crippen molar-refractivity contribution in [3.05, 3.63) is 59.1 Å². The molecule has 2 N–H and O–H groups in total. The molecule has 0 heterocycles. The van der Waals surface area contributed by atoms with Crippen molar-refractivity contribution in [2.24, 2.45) is 0 Å². The Morgan fingerprint density at radius 3 is 2.53 bits per heavy atom. The number of anilines is 1. The number of nitrogens with one attached hydrogen (secondary N) is 1. The summed E-state index contributed by atoms with van der Waals surface area (Å²) in [5.74, 6) is 0.881. The Balaban J connectivity index is 1.97. The minimum absolute atomic E-state index is 0.692. The lowest BCUT2D eigenvalue weighted by Crippen LogP contribution is -1.87. The summed E-state index contributed by atoms with van der Waals surface area (Å²) >= 11 is 7.65. The molecule has 2 rings (SSSR count). The molecule has 0 aromatic heterocycles. The average molecular weight is 266 g/mol. The number of hydrogen-bond acceptors (Lipinski definition) is 3. The number of rotatable bonds is 4. The molecule has 0 atom stereocenters. The first-order chi connectivity index (χ1) is 8.28. The number of benzene rings is 2. The molecule has 0 saturated heterocycles. The van der Waals surface area contributed by atoms with Gasteiger partial charge in [0.15, 0.2) is 0 Å². The van der Waals surface area contributed by atoms with Crippen molar-refractivity contribution in [2.45, 2.75) is 10.6 Å². The SMILES string of the molecule is ONc1ccc(SCc2cccc(Cl)c2)cc1. The van der Waals surface area contributed by atoms with E-state index in [4.69, 9.17) is 16.8 Å². The second-order valence-corrected chi connectivity index (χ2v) is 5.04. The van der Waals surface area contributed by atoms with Crippen molar-refractivity contribution in [2.75, 3.05) is 5.48 Å². The third kappa shape index (κ3) is 3.66. The molecule has 88 valence electrons. The normalized spacial score (nSPS) is 10.2. The van der Waals surface area contributed by atoms with Gasteiger partial charge in [0.05, 0.1) is 5.69 Å². The molecule has 17 heavy (non-hydrogen) atoms. The fraction of sp³-hybridized carbons (Fsp3) is 0.0769. The van der Waals surface area contributed by atoms with E-state index < -0.39 is 0 Å². The van der Waals surface area contributed by atoms with Gasteiger partial charge < -0.3 is 0 Å². The van der Waals surface area contributed by atoms with Gasteiger partial charge in [0.2, 0.25) is 0 Å². The summed E-state index contributed by atoms with van der Waals surface area (Å²) in [7, 11) is 0. The van der Waals surface area contributed by atoms with Gasteiger partial charge in [-0.3, -0.25) is 10.7 Å². The van der Waals surface area contributed by atoms with E-state index in [0.717, 1.165) is 15.7 Å². The second kappa shape index (κ2) is 5.96. The molecule has 0 amide bonds. The summed E-state index contributed by atoms with van der Waals surface area (Å²) in [6.07, 6.45) is 0. The van der Waals surface area contributed by atoms with E-state index in [1.165, 1.54) is 5.56 Å². The lowest BCUT2D eigenvalue weighted by molar-refractivity contribution is 0.389. The van der Waals surface area contributed by atoms with Crippen LogP contribution in [0.15, 0.2) is 53.4 Å². The Kier molecular flexibility index (Phi) is 4.31. The highest BCUT2D eigenvalue weighted by Crippen LogP contribution is 2.25. The predicted octanol–water partition coefficient (Wildman–Crippen LogP) is 4.43. The van der Waals surface area contributed by atoms with Gasteiger partial charge >= 0.3 is 0 Å². The van der Waals surface area contributed by atoms with Crippen LogP contribution in [-0.4, -0.2) is 5.21 Å². The topological polar surface area (TPSA) is 32.3 Å². The van der Waals surface area contributed by atoms with Crippen molar-refractivity contribution < 1.29 is 5.21 Å². The summed E-state index contributed by atoms with van der Waals surface area (Å²) in [6.45, 7) is 0. The van der Waals surface area contributed by atoms with Crippen LogP contribution < -0.4 is 5.48 Å². The first-order valence-electron chi connectivity index (χ1n) is 5.15. The van der Waals surface area contributed by atoms with Gasteiger partial charge in [0.25, 0.3) is 0 Å². The zero-order valence-electron chi connectivity index (χ0n) is 9.06. The molecule has 0 unspecified atom stereocenters. The van der Waals surface area contributed by atoms with Crippen LogP contribution >= 0.6 is 23.4 Å². The first-order valence-corrected chi connectivity index (χ1v) is 6.52. The summed E-state index contributed by atoms with van der Waals surface area (Å²) in [4.78, 5) is 1.16. The molecule has 0 spiro atoms. The molecule has 0 aliphatic carbocycles. The van der Waals surface area contributed by atoms with E-state index >= 15 is 0 Å². The molecular weight excluding hydrogens is 254 g/mol. The molecule has 0 bridgehead atoms. The lowest BCUT2D eigenvalue weighted by Gasteiger charge is -2.04. The number of hydrogen-bond donors (Lipinski definition) is 2. The predicted molar refractivity (Wildman–Crippen MR) is 72.9 cm³/mol. The number of thioether (sulfide) groups is 1. The van der Waals surface area contributed by atoms with Gasteiger partial charge in [-0.2, -0.15) is 0 Å². The molecule has 2 nitrogen and oxygen atoms in total. The van der Waals surface area contributed by atoms with E-state index in [1.54, 1.807) is 11.8 Å². The maximum Gasteiger partial charge on any atom is 0.0602 e. The van der Waals surface area contributed by atoms with E-state index in [1.807, 2.05) is 42.5 Å². The van der Waals surface area contributed by atoms with Gasteiger partial charge in [0.1, 0.15) is 0 Å². The van der Waals surface area contributed by atoms with Crippen LogP contribution in [0.25, 0.3) is 0 Å². The molecule has 2 aromatic rings.